The largest absolute Gasteiger partial charge is 0.336 e. The van der Waals surface area contributed by atoms with Crippen LogP contribution in [0.3, 0.4) is 0 Å². The average Bonchev–Trinajstić information content (AvgIpc) is 2.83. The van der Waals surface area contributed by atoms with Crippen molar-refractivity contribution in [3.05, 3.63) is 53.1 Å². The van der Waals surface area contributed by atoms with Crippen LogP contribution in [0, 0.1) is 11.3 Å². The van der Waals surface area contributed by atoms with Crippen LogP contribution in [0.15, 0.2) is 30.5 Å². The predicted molar refractivity (Wildman–Crippen MR) is 90.4 cm³/mol. The molecule has 6 nitrogen and oxygen atoms in total. The van der Waals surface area contributed by atoms with E-state index in [2.05, 4.69) is 20.5 Å². The van der Waals surface area contributed by atoms with Gasteiger partial charge in [0.15, 0.2) is 0 Å². The summed E-state index contributed by atoms with van der Waals surface area (Å²) >= 11 is 0. The second-order valence-corrected chi connectivity index (χ2v) is 6.29. The molecule has 1 aromatic heterocycles. The van der Waals surface area contributed by atoms with Gasteiger partial charge in [-0.2, -0.15) is 5.26 Å². The molecule has 1 aliphatic rings. The first-order valence-electron chi connectivity index (χ1n) is 8.06. The number of imidazole rings is 1. The third-order valence-corrected chi connectivity index (χ3v) is 4.25. The van der Waals surface area contributed by atoms with Crippen molar-refractivity contribution in [2.75, 3.05) is 27.2 Å². The van der Waals surface area contributed by atoms with Crippen molar-refractivity contribution in [2.45, 2.75) is 19.5 Å². The highest BCUT2D eigenvalue weighted by Crippen LogP contribution is 2.15. The summed E-state index contributed by atoms with van der Waals surface area (Å²) in [6, 6.07) is 8.89. The van der Waals surface area contributed by atoms with Crippen molar-refractivity contribution in [2.24, 2.45) is 0 Å². The molecule has 0 N–H and O–H groups in total. The molecule has 2 aromatic rings. The number of aromatic nitrogens is 2. The molecule has 24 heavy (non-hydrogen) atoms. The predicted octanol–water partition coefficient (Wildman–Crippen LogP) is 1.51. The van der Waals surface area contributed by atoms with Gasteiger partial charge < -0.3 is 14.4 Å². The third-order valence-electron chi connectivity index (χ3n) is 4.25. The molecule has 0 saturated heterocycles. The van der Waals surface area contributed by atoms with Gasteiger partial charge in [-0.3, -0.25) is 4.79 Å². The van der Waals surface area contributed by atoms with Crippen LogP contribution < -0.4 is 0 Å². The molecule has 6 heteroatoms. The number of benzene rings is 1. The van der Waals surface area contributed by atoms with E-state index in [0.29, 0.717) is 24.2 Å². The molecule has 0 unspecified atom stereocenters. The van der Waals surface area contributed by atoms with Crippen LogP contribution in [-0.2, 0) is 19.5 Å². The first kappa shape index (κ1) is 16.2. The number of amides is 1. The lowest BCUT2D eigenvalue weighted by molar-refractivity contribution is 0.0758. The van der Waals surface area contributed by atoms with Gasteiger partial charge in [-0.15, -0.1) is 0 Å². The Labute approximate surface area is 141 Å². The highest BCUT2D eigenvalue weighted by Gasteiger charge is 2.21. The molecule has 0 bridgehead atoms. The molecule has 1 aromatic carbocycles. The zero-order valence-corrected chi connectivity index (χ0v) is 14.1. The van der Waals surface area contributed by atoms with E-state index in [0.717, 1.165) is 25.3 Å². The van der Waals surface area contributed by atoms with Crippen LogP contribution in [0.25, 0.3) is 0 Å². The molecule has 3 rings (SSSR count). The molecule has 0 radical (unpaired) electrons. The molecule has 0 aliphatic carbocycles. The zero-order chi connectivity index (χ0) is 17.1. The minimum Gasteiger partial charge on any atom is -0.336 e. The number of fused-ring (bicyclic) bond motifs is 1. The molecule has 0 atom stereocenters. The number of rotatable bonds is 3. The SMILES string of the molecule is CN(C)Cc1cnc2n1CCN(C(=O)c1ccc(C#N)cc1)CC2. The van der Waals surface area contributed by atoms with Gasteiger partial charge in [-0.1, -0.05) is 0 Å². The Morgan fingerprint density at radius 3 is 2.67 bits per heavy atom. The standard InChI is InChI=1S/C18H21N5O/c1-21(2)13-16-12-20-17-7-8-22(9-10-23(16)17)18(24)15-5-3-14(11-19)4-6-15/h3-6,12H,7-10,13H2,1-2H3. The van der Waals surface area contributed by atoms with Gasteiger partial charge in [0, 0.05) is 44.4 Å². The Balaban J connectivity index is 1.73. The summed E-state index contributed by atoms with van der Waals surface area (Å²) in [6.07, 6.45) is 2.70. The fraction of sp³-hybridized carbons (Fsp3) is 0.389. The number of nitriles is 1. The molecular weight excluding hydrogens is 302 g/mol. The van der Waals surface area contributed by atoms with Crippen molar-refractivity contribution in [1.29, 1.82) is 5.26 Å². The van der Waals surface area contributed by atoms with Crippen molar-refractivity contribution >= 4 is 5.91 Å². The lowest BCUT2D eigenvalue weighted by atomic mass is 10.1. The van der Waals surface area contributed by atoms with Crippen LogP contribution >= 0.6 is 0 Å². The number of hydrogen-bond acceptors (Lipinski definition) is 4. The highest BCUT2D eigenvalue weighted by atomic mass is 16.2. The Morgan fingerprint density at radius 2 is 2.00 bits per heavy atom. The van der Waals surface area contributed by atoms with Gasteiger partial charge in [0.1, 0.15) is 5.82 Å². The average molecular weight is 323 g/mol. The fourth-order valence-electron chi connectivity index (χ4n) is 3.02. The Morgan fingerprint density at radius 1 is 1.25 bits per heavy atom. The number of hydrogen-bond donors (Lipinski definition) is 0. The normalized spacial score (nSPS) is 14.2. The fourth-order valence-corrected chi connectivity index (χ4v) is 3.02. The molecule has 2 heterocycles. The first-order chi connectivity index (χ1) is 11.6. The minimum absolute atomic E-state index is 0.0133. The summed E-state index contributed by atoms with van der Waals surface area (Å²) in [5, 5.41) is 8.86. The van der Waals surface area contributed by atoms with Gasteiger partial charge in [-0.05, 0) is 38.4 Å². The molecule has 0 fully saturated rings. The Kier molecular flexibility index (Phi) is 4.63. The van der Waals surface area contributed by atoms with E-state index in [1.807, 2.05) is 25.2 Å². The second-order valence-electron chi connectivity index (χ2n) is 6.29. The second kappa shape index (κ2) is 6.85. The van der Waals surface area contributed by atoms with Crippen LogP contribution in [-0.4, -0.2) is 52.4 Å². The van der Waals surface area contributed by atoms with Crippen LogP contribution in [0.5, 0.6) is 0 Å². The lowest BCUT2D eigenvalue weighted by Crippen LogP contribution is -2.33. The van der Waals surface area contributed by atoms with E-state index in [1.54, 1.807) is 24.3 Å². The van der Waals surface area contributed by atoms with Gasteiger partial charge >= 0.3 is 0 Å². The summed E-state index contributed by atoms with van der Waals surface area (Å²) in [7, 11) is 4.08. The maximum atomic E-state index is 12.7. The van der Waals surface area contributed by atoms with Crippen molar-refractivity contribution < 1.29 is 4.79 Å². The molecule has 0 spiro atoms. The number of carbonyl (C=O) groups is 1. The lowest BCUT2D eigenvalue weighted by Gasteiger charge is -2.20. The van der Waals surface area contributed by atoms with E-state index in [4.69, 9.17) is 5.26 Å². The van der Waals surface area contributed by atoms with Crippen LogP contribution in [0.4, 0.5) is 0 Å². The van der Waals surface area contributed by atoms with Crippen LogP contribution in [0.1, 0.15) is 27.4 Å². The van der Waals surface area contributed by atoms with E-state index < -0.39 is 0 Å². The molecule has 1 aliphatic heterocycles. The summed E-state index contributed by atoms with van der Waals surface area (Å²) in [5.74, 6) is 1.06. The monoisotopic (exact) mass is 323 g/mol. The molecular formula is C18H21N5O. The van der Waals surface area contributed by atoms with Gasteiger partial charge in [0.25, 0.3) is 5.91 Å². The van der Waals surface area contributed by atoms with Crippen molar-refractivity contribution in [3.63, 3.8) is 0 Å². The number of nitrogens with zero attached hydrogens (tertiary/aromatic N) is 5. The molecule has 0 saturated carbocycles. The first-order valence-corrected chi connectivity index (χ1v) is 8.06. The van der Waals surface area contributed by atoms with E-state index in [1.165, 1.54) is 5.69 Å². The highest BCUT2D eigenvalue weighted by molar-refractivity contribution is 5.94. The van der Waals surface area contributed by atoms with E-state index in [-0.39, 0.29) is 5.91 Å². The van der Waals surface area contributed by atoms with Gasteiger partial charge in [-0.25, -0.2) is 4.98 Å². The molecule has 124 valence electrons. The number of carbonyl (C=O) groups excluding carboxylic acids is 1. The Hall–Kier alpha value is -2.65. The van der Waals surface area contributed by atoms with Crippen molar-refractivity contribution in [1.82, 2.24) is 19.4 Å². The van der Waals surface area contributed by atoms with Crippen molar-refractivity contribution in [3.8, 4) is 6.07 Å². The smallest absolute Gasteiger partial charge is 0.253 e. The topological polar surface area (TPSA) is 65.2 Å². The van der Waals surface area contributed by atoms with Gasteiger partial charge in [0.05, 0.1) is 17.3 Å². The zero-order valence-electron chi connectivity index (χ0n) is 14.1. The van der Waals surface area contributed by atoms with E-state index in [9.17, 15) is 4.79 Å². The summed E-state index contributed by atoms with van der Waals surface area (Å²) in [6.45, 7) is 2.94. The molecule has 1 amide bonds. The summed E-state index contributed by atoms with van der Waals surface area (Å²) in [4.78, 5) is 21.2. The quantitative estimate of drug-likeness (QED) is 0.859. The maximum Gasteiger partial charge on any atom is 0.253 e. The van der Waals surface area contributed by atoms with E-state index >= 15 is 0 Å². The minimum atomic E-state index is 0.0133. The van der Waals surface area contributed by atoms with Gasteiger partial charge in [0.2, 0.25) is 0 Å². The summed E-state index contributed by atoms with van der Waals surface area (Å²) < 4.78 is 2.23. The van der Waals surface area contributed by atoms with Crippen LogP contribution in [0.2, 0.25) is 0 Å². The maximum absolute atomic E-state index is 12.7. The third kappa shape index (κ3) is 3.31. The Bertz CT molecular complexity index is 770. The summed E-state index contributed by atoms with van der Waals surface area (Å²) in [5.41, 5.74) is 2.38.